The number of carbonyl (C=O) groups is 2. The number of benzene rings is 3. The molecule has 196 valence electrons. The molecule has 6 heteroatoms. The van der Waals surface area contributed by atoms with Crippen molar-refractivity contribution in [3.8, 4) is 11.5 Å². The Morgan fingerprint density at radius 2 is 1.59 bits per heavy atom. The highest BCUT2D eigenvalue weighted by Crippen LogP contribution is 2.32. The van der Waals surface area contributed by atoms with Crippen LogP contribution < -0.4 is 14.8 Å². The number of rotatable bonds is 12. The fourth-order valence-corrected chi connectivity index (χ4v) is 4.09. The summed E-state index contributed by atoms with van der Waals surface area (Å²) in [6, 6.07) is 19.3. The van der Waals surface area contributed by atoms with Gasteiger partial charge in [-0.05, 0) is 86.1 Å². The van der Waals surface area contributed by atoms with Gasteiger partial charge in [-0.1, -0.05) is 50.2 Å². The Hall–Kier alpha value is -3.80. The maximum absolute atomic E-state index is 13.1. The van der Waals surface area contributed by atoms with E-state index in [1.165, 1.54) is 5.56 Å². The zero-order valence-corrected chi connectivity index (χ0v) is 22.3. The van der Waals surface area contributed by atoms with E-state index in [1.54, 1.807) is 24.3 Å². The van der Waals surface area contributed by atoms with Crippen LogP contribution in [0, 0.1) is 19.8 Å². The van der Waals surface area contributed by atoms with Crippen LogP contribution in [0.3, 0.4) is 0 Å². The van der Waals surface area contributed by atoms with Crippen molar-refractivity contribution >= 4 is 17.6 Å². The molecule has 0 saturated heterocycles. The number of amides is 1. The molecule has 37 heavy (non-hydrogen) atoms. The first-order chi connectivity index (χ1) is 17.7. The van der Waals surface area contributed by atoms with Gasteiger partial charge in [-0.25, -0.2) is 0 Å². The van der Waals surface area contributed by atoms with Gasteiger partial charge in [0.05, 0.1) is 12.2 Å². The summed E-state index contributed by atoms with van der Waals surface area (Å²) in [6.07, 6.45) is 1.33. The van der Waals surface area contributed by atoms with Crippen LogP contribution in [0.5, 0.6) is 11.5 Å². The van der Waals surface area contributed by atoms with E-state index in [-0.39, 0.29) is 25.0 Å². The van der Waals surface area contributed by atoms with E-state index in [9.17, 15) is 9.59 Å². The smallest absolute Gasteiger partial charge is 0.303 e. The number of anilines is 1. The third-order valence-electron chi connectivity index (χ3n) is 6.31. The van der Waals surface area contributed by atoms with Crippen LogP contribution in [-0.4, -0.2) is 23.6 Å². The minimum Gasteiger partial charge on any atom is -0.493 e. The molecule has 0 radical (unpaired) electrons. The van der Waals surface area contributed by atoms with E-state index >= 15 is 0 Å². The monoisotopic (exact) mass is 503 g/mol. The van der Waals surface area contributed by atoms with Crippen molar-refractivity contribution in [1.29, 1.82) is 0 Å². The summed E-state index contributed by atoms with van der Waals surface area (Å²) >= 11 is 0. The van der Waals surface area contributed by atoms with E-state index in [4.69, 9.17) is 14.6 Å². The molecule has 0 aliphatic carbocycles. The van der Waals surface area contributed by atoms with Crippen LogP contribution in [0.2, 0.25) is 0 Å². The second kappa shape index (κ2) is 12.9. The van der Waals surface area contributed by atoms with E-state index in [2.05, 4.69) is 43.4 Å². The standard InChI is InChI=1S/C31H37NO5/c1-20(2)19-24-12-14-25(15-13-24)23(5)37-28-17-16-27(21(3)22(28)4)32-31(35)26-9-6-7-10-29(26)36-18-8-11-30(33)34/h6-7,9-10,12-17,20,23H,8,11,18-19H2,1-5H3,(H,32,35)(H,33,34). The zero-order valence-electron chi connectivity index (χ0n) is 22.3. The van der Waals surface area contributed by atoms with E-state index in [1.807, 2.05) is 32.9 Å². The van der Waals surface area contributed by atoms with Gasteiger partial charge >= 0.3 is 5.97 Å². The number of carboxylic acids is 1. The Balaban J connectivity index is 1.68. The largest absolute Gasteiger partial charge is 0.493 e. The highest BCUT2D eigenvalue weighted by atomic mass is 16.5. The molecule has 1 atom stereocenters. The van der Waals surface area contributed by atoms with Crippen molar-refractivity contribution in [2.45, 2.75) is 60.0 Å². The fourth-order valence-electron chi connectivity index (χ4n) is 4.09. The molecule has 0 aromatic heterocycles. The van der Waals surface area contributed by atoms with Crippen molar-refractivity contribution in [2.75, 3.05) is 11.9 Å². The van der Waals surface area contributed by atoms with Crippen molar-refractivity contribution in [2.24, 2.45) is 5.92 Å². The number of carboxylic acid groups (broad SMARTS) is 1. The second-order valence-corrected chi connectivity index (χ2v) is 9.76. The quantitative estimate of drug-likeness (QED) is 0.257. The number of carbonyl (C=O) groups excluding carboxylic acids is 1. The summed E-state index contributed by atoms with van der Waals surface area (Å²) in [7, 11) is 0. The van der Waals surface area contributed by atoms with E-state index in [0.29, 0.717) is 29.3 Å². The number of ether oxygens (including phenoxy) is 2. The Morgan fingerprint density at radius 1 is 0.892 bits per heavy atom. The molecule has 3 aromatic carbocycles. The number of hydrogen-bond donors (Lipinski definition) is 2. The van der Waals surface area contributed by atoms with Crippen molar-refractivity contribution in [1.82, 2.24) is 0 Å². The Kier molecular flexibility index (Phi) is 9.72. The molecule has 1 amide bonds. The van der Waals surface area contributed by atoms with Gasteiger partial charge in [-0.15, -0.1) is 0 Å². The predicted octanol–water partition coefficient (Wildman–Crippen LogP) is 7.14. The minimum absolute atomic E-state index is 0.0172. The molecule has 2 N–H and O–H groups in total. The summed E-state index contributed by atoms with van der Waals surface area (Å²) in [5.41, 5.74) is 5.41. The highest BCUT2D eigenvalue weighted by molar-refractivity contribution is 6.06. The lowest BCUT2D eigenvalue weighted by Crippen LogP contribution is -2.15. The number of hydrogen-bond acceptors (Lipinski definition) is 4. The van der Waals surface area contributed by atoms with Gasteiger partial charge in [-0.3, -0.25) is 9.59 Å². The third kappa shape index (κ3) is 7.84. The topological polar surface area (TPSA) is 84.9 Å². The first-order valence-corrected chi connectivity index (χ1v) is 12.8. The lowest BCUT2D eigenvalue weighted by Gasteiger charge is -2.20. The number of aliphatic carboxylic acids is 1. The van der Waals surface area contributed by atoms with Crippen LogP contribution in [0.25, 0.3) is 0 Å². The molecule has 0 fully saturated rings. The first kappa shape index (κ1) is 27.8. The summed E-state index contributed by atoms with van der Waals surface area (Å²) in [6.45, 7) is 10.6. The van der Waals surface area contributed by atoms with Gasteiger partial charge in [-0.2, -0.15) is 0 Å². The highest BCUT2D eigenvalue weighted by Gasteiger charge is 2.17. The molecule has 0 heterocycles. The van der Waals surface area contributed by atoms with Crippen LogP contribution in [0.1, 0.15) is 72.3 Å². The molecular formula is C31H37NO5. The summed E-state index contributed by atoms with van der Waals surface area (Å²) in [5, 5.41) is 11.8. The molecule has 0 bridgehead atoms. The van der Waals surface area contributed by atoms with Gasteiger partial charge in [0.1, 0.15) is 17.6 Å². The van der Waals surface area contributed by atoms with Crippen LogP contribution in [0.4, 0.5) is 5.69 Å². The van der Waals surface area contributed by atoms with E-state index < -0.39 is 5.97 Å². The molecule has 1 unspecified atom stereocenters. The average Bonchev–Trinajstić information content (AvgIpc) is 2.86. The summed E-state index contributed by atoms with van der Waals surface area (Å²) in [5.74, 6) is 0.653. The maximum atomic E-state index is 13.1. The maximum Gasteiger partial charge on any atom is 0.303 e. The number of para-hydroxylation sites is 1. The van der Waals surface area contributed by atoms with Gasteiger partial charge in [0.15, 0.2) is 0 Å². The van der Waals surface area contributed by atoms with Crippen molar-refractivity contribution in [3.63, 3.8) is 0 Å². The lowest BCUT2D eigenvalue weighted by atomic mass is 10.0. The molecule has 3 aromatic rings. The molecule has 6 nitrogen and oxygen atoms in total. The van der Waals surface area contributed by atoms with Gasteiger partial charge in [0, 0.05) is 12.1 Å². The number of nitrogens with one attached hydrogen (secondary N) is 1. The molecule has 3 rings (SSSR count). The van der Waals surface area contributed by atoms with Gasteiger partial charge in [0.25, 0.3) is 5.91 Å². The van der Waals surface area contributed by atoms with Crippen LogP contribution in [0.15, 0.2) is 60.7 Å². The fraction of sp³-hybridized carbons (Fsp3) is 0.355. The third-order valence-corrected chi connectivity index (χ3v) is 6.31. The normalized spacial score (nSPS) is 11.7. The molecule has 0 aliphatic rings. The van der Waals surface area contributed by atoms with E-state index in [0.717, 1.165) is 28.9 Å². The Morgan fingerprint density at radius 3 is 2.27 bits per heavy atom. The summed E-state index contributed by atoms with van der Waals surface area (Å²) < 4.78 is 12.0. The molecule has 0 saturated carbocycles. The second-order valence-electron chi connectivity index (χ2n) is 9.76. The SMILES string of the molecule is Cc1c(NC(=O)c2ccccc2OCCCC(=O)O)ccc(OC(C)c2ccc(CC(C)C)cc2)c1C. The molecule has 0 aliphatic heterocycles. The van der Waals surface area contributed by atoms with Gasteiger partial charge in [0.2, 0.25) is 0 Å². The van der Waals surface area contributed by atoms with Crippen LogP contribution >= 0.6 is 0 Å². The van der Waals surface area contributed by atoms with Crippen LogP contribution in [-0.2, 0) is 11.2 Å². The predicted molar refractivity (Wildman–Crippen MR) is 147 cm³/mol. The van der Waals surface area contributed by atoms with Gasteiger partial charge < -0.3 is 19.9 Å². The first-order valence-electron chi connectivity index (χ1n) is 12.8. The Bertz CT molecular complexity index is 1220. The summed E-state index contributed by atoms with van der Waals surface area (Å²) in [4.78, 5) is 23.8. The van der Waals surface area contributed by atoms with Crippen molar-refractivity contribution < 1.29 is 24.2 Å². The molecule has 0 spiro atoms. The lowest BCUT2D eigenvalue weighted by molar-refractivity contribution is -0.137. The average molecular weight is 504 g/mol. The Labute approximate surface area is 219 Å². The molecular weight excluding hydrogens is 466 g/mol. The zero-order chi connectivity index (χ0) is 26.9. The minimum atomic E-state index is -0.873. The van der Waals surface area contributed by atoms with Crippen molar-refractivity contribution in [3.05, 3.63) is 88.5 Å².